The SMILES string of the molecule is COC(=O)CNC(=O)C(c1cc(C)ccc1C)N(C(=O)C(CC(N)=O)NC(=O)OC(C)(C)C)C1CCC1. The molecule has 0 spiro atoms. The van der Waals surface area contributed by atoms with Crippen molar-refractivity contribution < 1.29 is 33.4 Å². The van der Waals surface area contributed by atoms with Gasteiger partial charge in [0.25, 0.3) is 0 Å². The number of carbonyl (C=O) groups is 5. The van der Waals surface area contributed by atoms with Gasteiger partial charge >= 0.3 is 12.1 Å². The van der Waals surface area contributed by atoms with Crippen molar-refractivity contribution in [2.75, 3.05) is 13.7 Å². The zero-order chi connectivity index (χ0) is 27.9. The van der Waals surface area contributed by atoms with Crippen LogP contribution >= 0.6 is 0 Å². The van der Waals surface area contributed by atoms with Crippen LogP contribution < -0.4 is 16.4 Å². The molecule has 4 amide bonds. The molecule has 1 aliphatic carbocycles. The van der Waals surface area contributed by atoms with Crippen LogP contribution in [0.15, 0.2) is 18.2 Å². The summed E-state index contributed by atoms with van der Waals surface area (Å²) in [5.41, 5.74) is 6.76. The van der Waals surface area contributed by atoms with Crippen LogP contribution in [0.1, 0.15) is 69.2 Å². The normalized spacial score (nSPS) is 15.0. The quantitative estimate of drug-likeness (QED) is 0.398. The van der Waals surface area contributed by atoms with Crippen LogP contribution in [0.5, 0.6) is 0 Å². The largest absolute Gasteiger partial charge is 0.468 e. The Kier molecular flexibility index (Phi) is 10.0. The van der Waals surface area contributed by atoms with Gasteiger partial charge in [-0.15, -0.1) is 0 Å². The second-order valence-electron chi connectivity index (χ2n) is 10.3. The van der Waals surface area contributed by atoms with Crippen LogP contribution in [-0.2, 0) is 28.7 Å². The maximum Gasteiger partial charge on any atom is 0.408 e. The number of hydrogen-bond donors (Lipinski definition) is 3. The van der Waals surface area contributed by atoms with Gasteiger partial charge in [0.1, 0.15) is 24.2 Å². The molecule has 2 atom stereocenters. The highest BCUT2D eigenvalue weighted by Crippen LogP contribution is 2.35. The molecule has 0 saturated heterocycles. The molecule has 0 aliphatic heterocycles. The number of nitrogens with zero attached hydrogens (tertiary/aromatic N) is 1. The lowest BCUT2D eigenvalue weighted by Gasteiger charge is -2.43. The van der Waals surface area contributed by atoms with Crippen LogP contribution in [0.25, 0.3) is 0 Å². The van der Waals surface area contributed by atoms with Gasteiger partial charge in [-0.3, -0.25) is 19.2 Å². The topological polar surface area (TPSA) is 157 Å². The van der Waals surface area contributed by atoms with Crippen molar-refractivity contribution in [2.24, 2.45) is 5.73 Å². The molecule has 0 radical (unpaired) electrons. The Hall–Kier alpha value is -3.63. The smallest absolute Gasteiger partial charge is 0.408 e. The first-order valence-corrected chi connectivity index (χ1v) is 12.2. The van der Waals surface area contributed by atoms with Crippen LogP contribution in [0.4, 0.5) is 4.79 Å². The van der Waals surface area contributed by atoms with E-state index in [1.165, 1.54) is 12.0 Å². The molecule has 11 heteroatoms. The predicted molar refractivity (Wildman–Crippen MR) is 135 cm³/mol. The molecule has 1 aromatic rings. The fourth-order valence-electron chi connectivity index (χ4n) is 4.01. The van der Waals surface area contributed by atoms with Crippen LogP contribution in [0.2, 0.25) is 0 Å². The molecular formula is C26H38N4O7. The Bertz CT molecular complexity index is 1030. The number of amides is 4. The van der Waals surface area contributed by atoms with Crippen molar-refractivity contribution in [2.45, 2.75) is 84.0 Å². The van der Waals surface area contributed by atoms with Crippen LogP contribution in [-0.4, -0.2) is 66.0 Å². The summed E-state index contributed by atoms with van der Waals surface area (Å²) in [4.78, 5) is 65.1. The van der Waals surface area contributed by atoms with E-state index in [2.05, 4.69) is 15.4 Å². The molecule has 2 unspecified atom stereocenters. The van der Waals surface area contributed by atoms with Crippen molar-refractivity contribution in [1.29, 1.82) is 0 Å². The average molecular weight is 519 g/mol. The van der Waals surface area contributed by atoms with E-state index in [9.17, 15) is 24.0 Å². The third-order valence-corrected chi connectivity index (χ3v) is 6.01. The minimum Gasteiger partial charge on any atom is -0.468 e. The number of hydrogen-bond acceptors (Lipinski definition) is 7. The molecule has 1 aliphatic rings. The highest BCUT2D eigenvalue weighted by atomic mass is 16.6. The lowest BCUT2D eigenvalue weighted by atomic mass is 9.86. The monoisotopic (exact) mass is 518 g/mol. The Balaban J connectivity index is 2.54. The zero-order valence-electron chi connectivity index (χ0n) is 22.4. The number of benzene rings is 1. The number of alkyl carbamates (subject to hydrolysis) is 1. The lowest BCUT2D eigenvalue weighted by molar-refractivity contribution is -0.149. The summed E-state index contributed by atoms with van der Waals surface area (Å²) in [6.07, 6.45) is 0.738. The Morgan fingerprint density at radius 2 is 1.78 bits per heavy atom. The first-order valence-electron chi connectivity index (χ1n) is 12.2. The Morgan fingerprint density at radius 1 is 1.14 bits per heavy atom. The summed E-state index contributed by atoms with van der Waals surface area (Å²) >= 11 is 0. The second kappa shape index (κ2) is 12.6. The van der Waals surface area contributed by atoms with Gasteiger partial charge in [-0.2, -0.15) is 0 Å². The summed E-state index contributed by atoms with van der Waals surface area (Å²) in [5.74, 6) is -2.68. The number of rotatable bonds is 10. The summed E-state index contributed by atoms with van der Waals surface area (Å²) in [7, 11) is 1.21. The van der Waals surface area contributed by atoms with Crippen LogP contribution in [0, 0.1) is 13.8 Å². The molecule has 1 saturated carbocycles. The number of nitrogens with two attached hydrogens (primary N) is 1. The molecule has 0 bridgehead atoms. The minimum absolute atomic E-state index is 0.322. The standard InChI is InChI=1S/C26H38N4O7/c1-15-10-11-16(2)18(12-15)22(23(33)28-14-21(32)36-6)30(17-8-7-9-17)24(34)19(13-20(27)31)29-25(35)37-26(3,4)5/h10-12,17,19,22H,7-9,13-14H2,1-6H3,(H2,27,31)(H,28,33)(H,29,35). The lowest BCUT2D eigenvalue weighted by Crippen LogP contribution is -2.58. The minimum atomic E-state index is -1.35. The van der Waals surface area contributed by atoms with E-state index in [1.54, 1.807) is 26.8 Å². The predicted octanol–water partition coefficient (Wildman–Crippen LogP) is 1.78. The molecule has 204 valence electrons. The van der Waals surface area contributed by atoms with E-state index in [-0.39, 0.29) is 12.6 Å². The van der Waals surface area contributed by atoms with Gasteiger partial charge < -0.3 is 30.7 Å². The van der Waals surface area contributed by atoms with Gasteiger partial charge in [-0.05, 0) is 65.0 Å². The average Bonchev–Trinajstić information content (AvgIpc) is 2.75. The fraction of sp³-hybridized carbons (Fsp3) is 0.577. The second-order valence-corrected chi connectivity index (χ2v) is 10.3. The summed E-state index contributed by atoms with van der Waals surface area (Å²) in [6.45, 7) is 8.30. The number of primary amides is 1. The molecule has 0 heterocycles. The maximum absolute atomic E-state index is 14.0. The number of ether oxygens (including phenoxy) is 2. The number of esters is 1. The number of methoxy groups -OCH3 is 1. The first-order chi connectivity index (χ1) is 17.2. The first kappa shape index (κ1) is 29.6. The van der Waals surface area contributed by atoms with E-state index in [0.29, 0.717) is 18.4 Å². The van der Waals surface area contributed by atoms with Gasteiger partial charge in [0, 0.05) is 6.04 Å². The summed E-state index contributed by atoms with van der Waals surface area (Å²) < 4.78 is 9.92. The van der Waals surface area contributed by atoms with Crippen molar-refractivity contribution in [3.8, 4) is 0 Å². The number of aryl methyl sites for hydroxylation is 2. The zero-order valence-corrected chi connectivity index (χ0v) is 22.4. The molecule has 1 aromatic carbocycles. The Morgan fingerprint density at radius 3 is 2.30 bits per heavy atom. The number of nitrogens with one attached hydrogen (secondary N) is 2. The van der Waals surface area contributed by atoms with E-state index in [1.807, 2.05) is 26.0 Å². The van der Waals surface area contributed by atoms with Gasteiger partial charge in [-0.25, -0.2) is 4.79 Å². The number of carbonyl (C=O) groups excluding carboxylic acids is 5. The molecule has 2 rings (SSSR count). The fourth-order valence-corrected chi connectivity index (χ4v) is 4.01. The van der Waals surface area contributed by atoms with E-state index in [4.69, 9.17) is 10.5 Å². The van der Waals surface area contributed by atoms with E-state index in [0.717, 1.165) is 17.5 Å². The van der Waals surface area contributed by atoms with Gasteiger partial charge in [0.05, 0.1) is 13.5 Å². The molecule has 4 N–H and O–H groups in total. The van der Waals surface area contributed by atoms with Gasteiger partial charge in [-0.1, -0.05) is 23.8 Å². The van der Waals surface area contributed by atoms with Crippen LogP contribution in [0.3, 0.4) is 0 Å². The van der Waals surface area contributed by atoms with Gasteiger partial charge in [0.15, 0.2) is 0 Å². The third-order valence-electron chi connectivity index (χ3n) is 6.01. The summed E-state index contributed by atoms with van der Waals surface area (Å²) in [5, 5.41) is 5.02. The van der Waals surface area contributed by atoms with E-state index >= 15 is 0 Å². The molecule has 37 heavy (non-hydrogen) atoms. The van der Waals surface area contributed by atoms with Crippen molar-refractivity contribution in [3.05, 3.63) is 34.9 Å². The molecule has 11 nitrogen and oxygen atoms in total. The van der Waals surface area contributed by atoms with Gasteiger partial charge in [0.2, 0.25) is 17.7 Å². The third kappa shape index (κ3) is 8.47. The highest BCUT2D eigenvalue weighted by Gasteiger charge is 2.43. The maximum atomic E-state index is 14.0. The van der Waals surface area contributed by atoms with Crippen molar-refractivity contribution in [1.82, 2.24) is 15.5 Å². The van der Waals surface area contributed by atoms with Crippen molar-refractivity contribution >= 4 is 29.8 Å². The molecular weight excluding hydrogens is 480 g/mol. The highest BCUT2D eigenvalue weighted by molar-refractivity contribution is 5.95. The van der Waals surface area contributed by atoms with Crippen molar-refractivity contribution in [3.63, 3.8) is 0 Å². The van der Waals surface area contributed by atoms with E-state index < -0.39 is 53.9 Å². The Labute approximate surface area is 217 Å². The summed E-state index contributed by atoms with van der Waals surface area (Å²) in [6, 6.07) is 2.73. The molecule has 0 aromatic heterocycles. The molecule has 1 fully saturated rings.